The number of rotatable bonds is 5. The second kappa shape index (κ2) is 7.39. The van der Waals surface area contributed by atoms with Gasteiger partial charge in [0.25, 0.3) is 21.5 Å². The molecule has 29 heavy (non-hydrogen) atoms. The molecule has 0 unspecified atom stereocenters. The first kappa shape index (κ1) is 19.2. The third-order valence-electron chi connectivity index (χ3n) is 3.94. The summed E-state index contributed by atoms with van der Waals surface area (Å²) in [6.45, 7) is 1.76. The molecule has 0 fully saturated rings. The number of aryl methyl sites for hydroxylation is 1. The van der Waals surface area contributed by atoms with E-state index < -0.39 is 21.5 Å². The van der Waals surface area contributed by atoms with Crippen molar-refractivity contribution in [2.75, 3.05) is 10.0 Å². The molecule has 1 amide bonds. The average Bonchev–Trinajstić information content (AvgIpc) is 3.32. The molecule has 0 aliphatic rings. The topological polar surface area (TPSA) is 123 Å². The third-order valence-corrected chi connectivity index (χ3v) is 7.07. The smallest absolute Gasteiger partial charge is 0.271 e. The van der Waals surface area contributed by atoms with Crippen molar-refractivity contribution in [1.82, 2.24) is 14.4 Å². The number of fused-ring (bicyclic) bond motifs is 1. The summed E-state index contributed by atoms with van der Waals surface area (Å²) >= 11 is 2.47. The van der Waals surface area contributed by atoms with Crippen LogP contribution in [0.3, 0.4) is 0 Å². The number of amides is 1. The predicted octanol–water partition coefficient (Wildman–Crippen LogP) is 2.57. The molecule has 0 saturated heterocycles. The van der Waals surface area contributed by atoms with Crippen LogP contribution in [0.1, 0.15) is 16.1 Å². The number of hydrogen-bond acceptors (Lipinski definition) is 8. The molecule has 0 bridgehead atoms. The highest BCUT2D eigenvalue weighted by molar-refractivity contribution is 7.93. The lowest BCUT2D eigenvalue weighted by atomic mass is 10.2. The van der Waals surface area contributed by atoms with Gasteiger partial charge in [-0.3, -0.25) is 18.7 Å². The Labute approximate surface area is 172 Å². The van der Waals surface area contributed by atoms with Gasteiger partial charge in [-0.25, -0.2) is 18.4 Å². The first-order valence-electron chi connectivity index (χ1n) is 8.15. The fourth-order valence-electron chi connectivity index (χ4n) is 2.54. The summed E-state index contributed by atoms with van der Waals surface area (Å²) < 4.78 is 28.4. The highest BCUT2D eigenvalue weighted by atomic mass is 32.2. The quantitative estimate of drug-likeness (QED) is 0.485. The zero-order chi connectivity index (χ0) is 20.6. The zero-order valence-corrected chi connectivity index (χ0v) is 17.3. The van der Waals surface area contributed by atoms with E-state index in [1.54, 1.807) is 17.7 Å². The fraction of sp³-hybridized carbons (Fsp3) is 0.0588. The molecule has 12 heteroatoms. The van der Waals surface area contributed by atoms with Crippen LogP contribution in [-0.2, 0) is 10.0 Å². The molecule has 4 aromatic rings. The maximum atomic E-state index is 12.6. The van der Waals surface area contributed by atoms with E-state index in [1.807, 2.05) is 0 Å². The second-order valence-corrected chi connectivity index (χ2v) is 9.31. The van der Waals surface area contributed by atoms with Crippen molar-refractivity contribution in [2.45, 2.75) is 11.8 Å². The lowest BCUT2D eigenvalue weighted by molar-refractivity contribution is 0.102. The summed E-state index contributed by atoms with van der Waals surface area (Å²) in [6.07, 6.45) is 2.73. The number of sulfonamides is 1. The van der Waals surface area contributed by atoms with E-state index in [0.29, 0.717) is 16.3 Å². The molecule has 2 N–H and O–H groups in total. The minimum Gasteiger partial charge on any atom is -0.322 e. The Morgan fingerprint density at radius 1 is 1.14 bits per heavy atom. The molecule has 0 saturated carbocycles. The average molecular weight is 448 g/mol. The third kappa shape index (κ3) is 3.77. The Bertz CT molecular complexity index is 1360. The molecule has 3 aromatic heterocycles. The van der Waals surface area contributed by atoms with Crippen LogP contribution in [0.4, 0.5) is 10.8 Å². The summed E-state index contributed by atoms with van der Waals surface area (Å²) in [5, 5.41) is 6.28. The van der Waals surface area contributed by atoms with Gasteiger partial charge >= 0.3 is 0 Å². The summed E-state index contributed by atoms with van der Waals surface area (Å²) in [4.78, 5) is 33.6. The summed E-state index contributed by atoms with van der Waals surface area (Å²) in [6, 6.07) is 5.58. The molecule has 148 valence electrons. The van der Waals surface area contributed by atoms with Crippen molar-refractivity contribution in [1.29, 1.82) is 0 Å². The first-order valence-corrected chi connectivity index (χ1v) is 11.4. The molecule has 4 rings (SSSR count). The van der Waals surface area contributed by atoms with Crippen LogP contribution in [0.25, 0.3) is 4.96 Å². The highest BCUT2D eigenvalue weighted by Crippen LogP contribution is 2.20. The predicted molar refractivity (Wildman–Crippen MR) is 111 cm³/mol. The monoisotopic (exact) mass is 447 g/mol. The van der Waals surface area contributed by atoms with Crippen molar-refractivity contribution in [3.63, 3.8) is 0 Å². The molecule has 0 spiro atoms. The van der Waals surface area contributed by atoms with Crippen LogP contribution in [0.2, 0.25) is 0 Å². The number of nitrogens with zero attached hydrogens (tertiary/aromatic N) is 3. The largest absolute Gasteiger partial charge is 0.322 e. The number of benzene rings is 1. The summed E-state index contributed by atoms with van der Waals surface area (Å²) in [7, 11) is -3.79. The van der Waals surface area contributed by atoms with Crippen LogP contribution in [0.15, 0.2) is 57.1 Å². The minimum absolute atomic E-state index is 0.0164. The Balaban J connectivity index is 1.55. The van der Waals surface area contributed by atoms with E-state index >= 15 is 0 Å². The molecule has 0 aliphatic carbocycles. The Morgan fingerprint density at radius 2 is 1.90 bits per heavy atom. The maximum absolute atomic E-state index is 12.6. The van der Waals surface area contributed by atoms with Gasteiger partial charge in [-0.15, -0.1) is 22.7 Å². The van der Waals surface area contributed by atoms with E-state index in [-0.39, 0.29) is 15.6 Å². The van der Waals surface area contributed by atoms with Gasteiger partial charge in [-0.05, 0) is 31.2 Å². The van der Waals surface area contributed by atoms with E-state index in [2.05, 4.69) is 20.0 Å². The van der Waals surface area contributed by atoms with Crippen LogP contribution in [-0.4, -0.2) is 28.7 Å². The molecule has 1 aromatic carbocycles. The van der Waals surface area contributed by atoms with E-state index in [0.717, 1.165) is 11.3 Å². The van der Waals surface area contributed by atoms with Gasteiger partial charge in [0.15, 0.2) is 10.1 Å². The Hall–Kier alpha value is -3.09. The van der Waals surface area contributed by atoms with Crippen LogP contribution >= 0.6 is 22.7 Å². The lowest BCUT2D eigenvalue weighted by Crippen LogP contribution is -2.26. The van der Waals surface area contributed by atoms with Crippen LogP contribution in [0.5, 0.6) is 0 Å². The lowest BCUT2D eigenvalue weighted by Gasteiger charge is -2.08. The van der Waals surface area contributed by atoms with Gasteiger partial charge in [0, 0.05) is 34.5 Å². The molecule has 0 atom stereocenters. The number of carbonyl (C=O) groups excluding carboxylic acids is 1. The van der Waals surface area contributed by atoms with E-state index in [4.69, 9.17) is 0 Å². The minimum atomic E-state index is -3.79. The number of aromatic nitrogens is 3. The molecular formula is C17H13N5O4S3. The van der Waals surface area contributed by atoms with Gasteiger partial charge in [0.2, 0.25) is 0 Å². The van der Waals surface area contributed by atoms with Crippen molar-refractivity contribution < 1.29 is 13.2 Å². The van der Waals surface area contributed by atoms with Crippen molar-refractivity contribution in [3.8, 4) is 0 Å². The molecule has 0 aliphatic heterocycles. The molecule has 3 heterocycles. The summed E-state index contributed by atoms with van der Waals surface area (Å²) in [5.41, 5.74) is 0.471. The normalized spacial score (nSPS) is 11.5. The molecular weight excluding hydrogens is 434 g/mol. The molecule has 9 nitrogen and oxygen atoms in total. The van der Waals surface area contributed by atoms with Crippen LogP contribution in [0, 0.1) is 6.92 Å². The fourth-order valence-corrected chi connectivity index (χ4v) is 5.16. The van der Waals surface area contributed by atoms with Gasteiger partial charge in [-0.2, -0.15) is 0 Å². The standard InChI is InChI=1S/C17H13N5O4S3/c1-10-9-28-17-19-8-13(15(24)22(10)17)14(23)20-11-2-4-12(5-3-11)29(25,26)21-16-18-6-7-27-16/h2-9H,1H3,(H,18,21)(H,20,23). The zero-order valence-electron chi connectivity index (χ0n) is 14.8. The van der Waals surface area contributed by atoms with Crippen molar-refractivity contribution in [3.05, 3.63) is 69.0 Å². The highest BCUT2D eigenvalue weighted by Gasteiger charge is 2.17. The van der Waals surface area contributed by atoms with Crippen LogP contribution < -0.4 is 15.6 Å². The second-order valence-electron chi connectivity index (χ2n) is 5.89. The van der Waals surface area contributed by atoms with Crippen molar-refractivity contribution >= 4 is 54.4 Å². The number of nitrogens with one attached hydrogen (secondary N) is 2. The van der Waals surface area contributed by atoms with E-state index in [9.17, 15) is 18.0 Å². The number of carbonyl (C=O) groups is 1. The Morgan fingerprint density at radius 3 is 2.59 bits per heavy atom. The Kier molecular flexibility index (Phi) is 4.90. The number of anilines is 2. The SMILES string of the molecule is Cc1csc2ncc(C(=O)Nc3ccc(S(=O)(=O)Nc4nccs4)cc3)c(=O)n12. The van der Waals surface area contributed by atoms with Crippen molar-refractivity contribution in [2.24, 2.45) is 0 Å². The van der Waals surface area contributed by atoms with Gasteiger partial charge in [0.1, 0.15) is 5.56 Å². The number of thiazole rings is 2. The van der Waals surface area contributed by atoms with Gasteiger partial charge < -0.3 is 5.32 Å². The van der Waals surface area contributed by atoms with E-state index in [1.165, 1.54) is 52.4 Å². The molecule has 0 radical (unpaired) electrons. The first-order chi connectivity index (χ1) is 13.8. The summed E-state index contributed by atoms with van der Waals surface area (Å²) in [5.74, 6) is -0.626. The number of hydrogen-bond donors (Lipinski definition) is 2. The van der Waals surface area contributed by atoms with Gasteiger partial charge in [-0.1, -0.05) is 0 Å². The van der Waals surface area contributed by atoms with Gasteiger partial charge in [0.05, 0.1) is 4.90 Å². The maximum Gasteiger partial charge on any atom is 0.271 e.